The molecule has 1 aliphatic heterocycles. The SMILES string of the molecule is COc1ccc(C(C)=NOc2ccc(OC3CCN(C(=O)OC(C)(C)C)CC3)nn2)cc1. The lowest BCUT2D eigenvalue weighted by Crippen LogP contribution is -2.44. The van der Waals surface area contributed by atoms with E-state index in [1.54, 1.807) is 24.1 Å². The monoisotopic (exact) mass is 442 g/mol. The molecule has 1 aliphatic rings. The van der Waals surface area contributed by atoms with Gasteiger partial charge in [-0.2, -0.15) is 0 Å². The molecule has 2 heterocycles. The fourth-order valence-corrected chi connectivity index (χ4v) is 3.07. The fraction of sp³-hybridized carbons (Fsp3) is 0.478. The van der Waals surface area contributed by atoms with E-state index in [1.165, 1.54) is 0 Å². The zero-order valence-electron chi connectivity index (χ0n) is 19.2. The highest BCUT2D eigenvalue weighted by Crippen LogP contribution is 2.20. The first-order valence-corrected chi connectivity index (χ1v) is 10.6. The van der Waals surface area contributed by atoms with Crippen LogP contribution in [0.5, 0.6) is 17.5 Å². The van der Waals surface area contributed by atoms with Crippen molar-refractivity contribution in [1.29, 1.82) is 0 Å². The minimum Gasteiger partial charge on any atom is -0.497 e. The van der Waals surface area contributed by atoms with Gasteiger partial charge in [-0.3, -0.25) is 0 Å². The summed E-state index contributed by atoms with van der Waals surface area (Å²) in [5, 5.41) is 12.2. The summed E-state index contributed by atoms with van der Waals surface area (Å²) in [5.74, 6) is 1.45. The lowest BCUT2D eigenvalue weighted by molar-refractivity contribution is 0.0122. The molecule has 32 heavy (non-hydrogen) atoms. The van der Waals surface area contributed by atoms with Crippen molar-refractivity contribution in [3.05, 3.63) is 42.0 Å². The molecule has 1 fully saturated rings. The summed E-state index contributed by atoms with van der Waals surface area (Å²) in [6, 6.07) is 10.9. The van der Waals surface area contributed by atoms with Crippen molar-refractivity contribution in [3.63, 3.8) is 0 Å². The molecule has 1 saturated heterocycles. The summed E-state index contributed by atoms with van der Waals surface area (Å²) in [5.41, 5.74) is 1.11. The maximum absolute atomic E-state index is 12.2. The molecule has 172 valence electrons. The van der Waals surface area contributed by atoms with Gasteiger partial charge in [0.2, 0.25) is 5.88 Å². The van der Waals surface area contributed by atoms with E-state index in [1.807, 2.05) is 52.0 Å². The van der Waals surface area contributed by atoms with Crippen LogP contribution in [-0.2, 0) is 4.74 Å². The van der Waals surface area contributed by atoms with Gasteiger partial charge in [0, 0.05) is 38.1 Å². The number of benzene rings is 1. The van der Waals surface area contributed by atoms with E-state index < -0.39 is 5.60 Å². The van der Waals surface area contributed by atoms with Crippen molar-refractivity contribution in [1.82, 2.24) is 15.1 Å². The summed E-state index contributed by atoms with van der Waals surface area (Å²) < 4.78 is 16.5. The Labute approximate surface area is 188 Å². The van der Waals surface area contributed by atoms with Gasteiger partial charge in [-0.1, -0.05) is 5.16 Å². The van der Waals surface area contributed by atoms with Gasteiger partial charge < -0.3 is 23.9 Å². The number of likely N-dealkylation sites (tertiary alicyclic amines) is 1. The molecule has 0 N–H and O–H groups in total. The predicted octanol–water partition coefficient (Wildman–Crippen LogP) is 4.07. The van der Waals surface area contributed by atoms with Gasteiger partial charge >= 0.3 is 6.09 Å². The van der Waals surface area contributed by atoms with Crippen LogP contribution in [0.25, 0.3) is 0 Å². The minimum absolute atomic E-state index is 0.0370. The lowest BCUT2D eigenvalue weighted by Gasteiger charge is -2.33. The van der Waals surface area contributed by atoms with Gasteiger partial charge in [-0.25, -0.2) is 4.79 Å². The normalized spacial score (nSPS) is 15.3. The summed E-state index contributed by atoms with van der Waals surface area (Å²) >= 11 is 0. The molecule has 0 spiro atoms. The zero-order valence-corrected chi connectivity index (χ0v) is 19.2. The number of piperidine rings is 1. The molecular weight excluding hydrogens is 412 g/mol. The third kappa shape index (κ3) is 6.83. The molecule has 0 bridgehead atoms. The maximum Gasteiger partial charge on any atom is 0.410 e. The molecule has 0 unspecified atom stereocenters. The number of hydrogen-bond acceptors (Lipinski definition) is 8. The summed E-state index contributed by atoms with van der Waals surface area (Å²) in [6.45, 7) is 8.58. The van der Waals surface area contributed by atoms with E-state index in [9.17, 15) is 4.79 Å². The molecule has 3 rings (SSSR count). The van der Waals surface area contributed by atoms with Crippen LogP contribution in [0.2, 0.25) is 0 Å². The average Bonchev–Trinajstić information content (AvgIpc) is 2.78. The molecule has 0 atom stereocenters. The van der Waals surface area contributed by atoms with Crippen LogP contribution in [0.4, 0.5) is 4.79 Å². The Morgan fingerprint density at radius 2 is 1.66 bits per heavy atom. The van der Waals surface area contributed by atoms with Gasteiger partial charge in [0.1, 0.15) is 17.5 Å². The first-order chi connectivity index (χ1) is 15.2. The Morgan fingerprint density at radius 3 is 2.22 bits per heavy atom. The number of aromatic nitrogens is 2. The summed E-state index contributed by atoms with van der Waals surface area (Å²) in [4.78, 5) is 19.2. The number of hydrogen-bond donors (Lipinski definition) is 0. The van der Waals surface area contributed by atoms with Crippen molar-refractivity contribution < 1.29 is 23.8 Å². The molecule has 1 amide bonds. The van der Waals surface area contributed by atoms with E-state index in [2.05, 4.69) is 15.4 Å². The van der Waals surface area contributed by atoms with Crippen molar-refractivity contribution in [3.8, 4) is 17.5 Å². The minimum atomic E-state index is -0.499. The molecule has 0 aliphatic carbocycles. The summed E-state index contributed by atoms with van der Waals surface area (Å²) in [6.07, 6.45) is 1.07. The third-order valence-corrected chi connectivity index (χ3v) is 4.78. The van der Waals surface area contributed by atoms with E-state index in [0.29, 0.717) is 37.5 Å². The number of methoxy groups -OCH3 is 1. The molecule has 9 nitrogen and oxygen atoms in total. The molecule has 0 radical (unpaired) electrons. The van der Waals surface area contributed by atoms with Crippen LogP contribution in [0.15, 0.2) is 41.6 Å². The van der Waals surface area contributed by atoms with Crippen LogP contribution in [0.1, 0.15) is 46.1 Å². The molecule has 9 heteroatoms. The Balaban J connectivity index is 1.47. The standard InChI is InChI=1S/C23H30N4O5/c1-16(17-6-8-18(29-5)9-7-17)26-32-21-11-10-20(24-25-21)30-19-12-14-27(15-13-19)22(28)31-23(2,3)4/h6-11,19H,12-15H2,1-5H3. The number of carbonyl (C=O) groups is 1. The number of oxime groups is 1. The maximum atomic E-state index is 12.2. The molecule has 1 aromatic heterocycles. The van der Waals surface area contributed by atoms with Crippen LogP contribution in [0, 0.1) is 0 Å². The smallest absolute Gasteiger partial charge is 0.410 e. The van der Waals surface area contributed by atoms with Gasteiger partial charge in [0.15, 0.2) is 0 Å². The van der Waals surface area contributed by atoms with Crippen molar-refractivity contribution in [2.45, 2.75) is 52.2 Å². The second kappa shape index (κ2) is 10.3. The third-order valence-electron chi connectivity index (χ3n) is 4.78. The van der Waals surface area contributed by atoms with Crippen LogP contribution in [0.3, 0.4) is 0 Å². The summed E-state index contributed by atoms with van der Waals surface area (Å²) in [7, 11) is 1.62. The highest BCUT2D eigenvalue weighted by Gasteiger charge is 2.27. The van der Waals surface area contributed by atoms with Crippen molar-refractivity contribution >= 4 is 11.8 Å². The number of carbonyl (C=O) groups excluding carboxylic acids is 1. The highest BCUT2D eigenvalue weighted by atomic mass is 16.6. The number of amides is 1. The number of ether oxygens (including phenoxy) is 3. The second-order valence-electron chi connectivity index (χ2n) is 8.49. The highest BCUT2D eigenvalue weighted by molar-refractivity contribution is 5.98. The van der Waals surface area contributed by atoms with E-state index >= 15 is 0 Å². The Morgan fingerprint density at radius 1 is 1.03 bits per heavy atom. The van der Waals surface area contributed by atoms with Gasteiger partial charge in [-0.15, -0.1) is 10.2 Å². The first kappa shape index (κ1) is 23.3. The van der Waals surface area contributed by atoms with E-state index in [4.69, 9.17) is 19.0 Å². The van der Waals surface area contributed by atoms with E-state index in [-0.39, 0.29) is 18.1 Å². The van der Waals surface area contributed by atoms with Crippen LogP contribution < -0.4 is 14.3 Å². The molecular formula is C23H30N4O5. The quantitative estimate of drug-likeness (QED) is 0.492. The van der Waals surface area contributed by atoms with Crippen LogP contribution in [-0.4, -0.2) is 58.8 Å². The van der Waals surface area contributed by atoms with Gasteiger partial charge in [-0.05, 0) is 57.5 Å². The van der Waals surface area contributed by atoms with Gasteiger partial charge in [0.05, 0.1) is 12.8 Å². The van der Waals surface area contributed by atoms with E-state index in [0.717, 1.165) is 11.3 Å². The molecule has 0 saturated carbocycles. The molecule has 1 aromatic carbocycles. The van der Waals surface area contributed by atoms with Crippen LogP contribution >= 0.6 is 0 Å². The largest absolute Gasteiger partial charge is 0.497 e. The lowest BCUT2D eigenvalue weighted by atomic mass is 10.1. The molecule has 2 aromatic rings. The fourth-order valence-electron chi connectivity index (χ4n) is 3.07. The van der Waals surface area contributed by atoms with Gasteiger partial charge in [0.25, 0.3) is 5.88 Å². The van der Waals surface area contributed by atoms with Crippen molar-refractivity contribution in [2.75, 3.05) is 20.2 Å². The second-order valence-corrected chi connectivity index (χ2v) is 8.49. The topological polar surface area (TPSA) is 95.4 Å². The Kier molecular flexibility index (Phi) is 7.50. The van der Waals surface area contributed by atoms with Crippen molar-refractivity contribution in [2.24, 2.45) is 5.16 Å². The number of nitrogens with zero attached hydrogens (tertiary/aromatic N) is 4. The predicted molar refractivity (Wildman–Crippen MR) is 119 cm³/mol. The number of rotatable bonds is 6. The first-order valence-electron chi connectivity index (χ1n) is 10.6. The zero-order chi connectivity index (χ0) is 23.1. The Hall–Kier alpha value is -3.36. The Bertz CT molecular complexity index is 915. The average molecular weight is 443 g/mol.